The van der Waals surface area contributed by atoms with Crippen LogP contribution in [-0.2, 0) is 4.79 Å². The van der Waals surface area contributed by atoms with Crippen LogP contribution >= 0.6 is 12.2 Å². The van der Waals surface area contributed by atoms with E-state index in [-0.39, 0.29) is 11.9 Å². The van der Waals surface area contributed by atoms with Crippen molar-refractivity contribution >= 4 is 28.9 Å². The number of rotatable bonds is 5. The molecule has 0 aromatic heterocycles. The Hall–Kier alpha value is -2.66. The Morgan fingerprint density at radius 3 is 2.28 bits per heavy atom. The molecule has 1 amide bonds. The van der Waals surface area contributed by atoms with Gasteiger partial charge in [-0.1, -0.05) is 70.2 Å². The van der Waals surface area contributed by atoms with Gasteiger partial charge in [0.15, 0.2) is 5.11 Å². The largest absolute Gasteiger partial charge is 0.351 e. The highest BCUT2D eigenvalue weighted by molar-refractivity contribution is 7.80. The monoisotopic (exact) mass is 407 g/mol. The molecule has 0 bridgehead atoms. The van der Waals surface area contributed by atoms with E-state index in [0.29, 0.717) is 22.5 Å². The third kappa shape index (κ3) is 4.67. The Morgan fingerprint density at radius 2 is 1.66 bits per heavy atom. The third-order valence-electron chi connectivity index (χ3n) is 5.28. The maximum Gasteiger partial charge on any atom is 0.255 e. The van der Waals surface area contributed by atoms with E-state index in [4.69, 9.17) is 12.2 Å². The molecule has 152 valence electrons. The van der Waals surface area contributed by atoms with Crippen molar-refractivity contribution < 1.29 is 4.79 Å². The van der Waals surface area contributed by atoms with Crippen molar-refractivity contribution in [2.75, 3.05) is 5.32 Å². The average Bonchev–Trinajstić information content (AvgIpc) is 2.67. The number of hydrogen-bond donors (Lipinski definition) is 3. The minimum absolute atomic E-state index is 0.129. The Balaban J connectivity index is 1.95. The van der Waals surface area contributed by atoms with E-state index < -0.39 is 0 Å². The first-order valence-electron chi connectivity index (χ1n) is 10.1. The van der Waals surface area contributed by atoms with Crippen LogP contribution in [-0.4, -0.2) is 11.0 Å². The van der Waals surface area contributed by atoms with E-state index in [1.165, 1.54) is 5.56 Å². The number of anilines is 1. The molecule has 0 aliphatic carbocycles. The molecule has 0 saturated carbocycles. The summed E-state index contributed by atoms with van der Waals surface area (Å²) in [7, 11) is 0. The van der Waals surface area contributed by atoms with Crippen molar-refractivity contribution in [2.45, 2.75) is 52.5 Å². The summed E-state index contributed by atoms with van der Waals surface area (Å²) < 4.78 is 0. The molecule has 0 unspecified atom stereocenters. The number of carbonyl (C=O) groups excluding carboxylic acids is 1. The second-order valence-electron chi connectivity index (χ2n) is 8.09. The molecule has 0 radical (unpaired) electrons. The van der Waals surface area contributed by atoms with E-state index in [0.717, 1.165) is 22.5 Å². The number of nitrogens with one attached hydrogen (secondary N) is 3. The molecular weight excluding hydrogens is 378 g/mol. The van der Waals surface area contributed by atoms with Gasteiger partial charge in [0.05, 0.1) is 11.6 Å². The van der Waals surface area contributed by atoms with Gasteiger partial charge in [-0.25, -0.2) is 0 Å². The zero-order valence-electron chi connectivity index (χ0n) is 17.7. The van der Waals surface area contributed by atoms with Crippen molar-refractivity contribution in [3.05, 3.63) is 76.5 Å². The smallest absolute Gasteiger partial charge is 0.255 e. The van der Waals surface area contributed by atoms with Crippen LogP contribution in [0.4, 0.5) is 5.69 Å². The zero-order chi connectivity index (χ0) is 21.1. The van der Waals surface area contributed by atoms with E-state index in [1.807, 2.05) is 25.1 Å². The minimum atomic E-state index is -0.295. The van der Waals surface area contributed by atoms with Crippen molar-refractivity contribution in [2.24, 2.45) is 0 Å². The molecule has 0 fully saturated rings. The van der Waals surface area contributed by atoms with Crippen LogP contribution in [0.5, 0.6) is 0 Å². The normalized spacial score (nSPS) is 16.7. The molecule has 3 N–H and O–H groups in total. The standard InChI is InChI=1S/C24H29N3OS/c1-14(2)17-10-12-18(13-11-17)22-21(16(5)25-24(29)27-22)23(28)26-20-9-7-6-8-19(20)15(3)4/h6-15,22H,1-5H3,(H,26,28)(H2,25,27,29)/t22-/m1/s1. The van der Waals surface area contributed by atoms with Crippen LogP contribution in [0, 0.1) is 0 Å². The Labute approximate surface area is 178 Å². The topological polar surface area (TPSA) is 53.2 Å². The van der Waals surface area contributed by atoms with Gasteiger partial charge in [0.1, 0.15) is 0 Å². The van der Waals surface area contributed by atoms with Gasteiger partial charge in [0.25, 0.3) is 5.91 Å². The third-order valence-corrected chi connectivity index (χ3v) is 5.50. The fraction of sp³-hybridized carbons (Fsp3) is 0.333. The summed E-state index contributed by atoms with van der Waals surface area (Å²) in [6.07, 6.45) is 0. The molecule has 0 spiro atoms. The number of carbonyl (C=O) groups is 1. The lowest BCUT2D eigenvalue weighted by atomic mass is 9.92. The van der Waals surface area contributed by atoms with E-state index in [2.05, 4.69) is 74.0 Å². The Kier molecular flexibility index (Phi) is 6.38. The SMILES string of the molecule is CC1=C(C(=O)Nc2ccccc2C(C)C)[C@@H](c2ccc(C(C)C)cc2)NC(=S)N1. The van der Waals surface area contributed by atoms with Crippen LogP contribution in [0.3, 0.4) is 0 Å². The first-order valence-corrected chi connectivity index (χ1v) is 10.5. The Bertz CT molecular complexity index is 945. The van der Waals surface area contributed by atoms with E-state index in [1.54, 1.807) is 0 Å². The molecule has 1 heterocycles. The molecule has 5 heteroatoms. The minimum Gasteiger partial charge on any atom is -0.351 e. The summed E-state index contributed by atoms with van der Waals surface area (Å²) >= 11 is 5.36. The highest BCUT2D eigenvalue weighted by Crippen LogP contribution is 2.30. The summed E-state index contributed by atoms with van der Waals surface area (Å²) in [5.41, 5.74) is 5.66. The molecule has 4 nitrogen and oxygen atoms in total. The van der Waals surface area contributed by atoms with Crippen LogP contribution in [0.2, 0.25) is 0 Å². The van der Waals surface area contributed by atoms with Crippen LogP contribution < -0.4 is 16.0 Å². The molecule has 3 rings (SSSR count). The summed E-state index contributed by atoms with van der Waals surface area (Å²) in [6, 6.07) is 16.0. The van der Waals surface area contributed by atoms with Gasteiger partial charge in [0.2, 0.25) is 0 Å². The van der Waals surface area contributed by atoms with Crippen molar-refractivity contribution in [1.29, 1.82) is 0 Å². The summed E-state index contributed by atoms with van der Waals surface area (Å²) in [5.74, 6) is 0.644. The van der Waals surface area contributed by atoms with Crippen LogP contribution in [0.15, 0.2) is 59.8 Å². The van der Waals surface area contributed by atoms with Gasteiger partial charge in [-0.05, 0) is 53.7 Å². The van der Waals surface area contributed by atoms with Gasteiger partial charge < -0.3 is 16.0 Å². The van der Waals surface area contributed by atoms with Crippen molar-refractivity contribution in [3.63, 3.8) is 0 Å². The number of thiocarbonyl (C=S) groups is 1. The van der Waals surface area contributed by atoms with E-state index >= 15 is 0 Å². The maximum absolute atomic E-state index is 13.3. The van der Waals surface area contributed by atoms with Gasteiger partial charge in [0, 0.05) is 11.4 Å². The van der Waals surface area contributed by atoms with Crippen molar-refractivity contribution in [1.82, 2.24) is 10.6 Å². The molecular formula is C24H29N3OS. The molecule has 29 heavy (non-hydrogen) atoms. The fourth-order valence-electron chi connectivity index (χ4n) is 3.62. The van der Waals surface area contributed by atoms with Crippen LogP contribution in [0.1, 0.15) is 69.2 Å². The lowest BCUT2D eigenvalue weighted by Crippen LogP contribution is -2.45. The first-order chi connectivity index (χ1) is 13.8. The predicted octanol–water partition coefficient (Wildman–Crippen LogP) is 5.36. The van der Waals surface area contributed by atoms with E-state index in [9.17, 15) is 4.79 Å². The van der Waals surface area contributed by atoms with Gasteiger partial charge in [-0.15, -0.1) is 0 Å². The highest BCUT2D eigenvalue weighted by Gasteiger charge is 2.30. The average molecular weight is 408 g/mol. The van der Waals surface area contributed by atoms with Crippen molar-refractivity contribution in [3.8, 4) is 0 Å². The first kappa shape index (κ1) is 21.1. The fourth-order valence-corrected chi connectivity index (χ4v) is 3.89. The predicted molar refractivity (Wildman–Crippen MR) is 124 cm³/mol. The maximum atomic E-state index is 13.3. The molecule has 2 aromatic carbocycles. The van der Waals surface area contributed by atoms with Gasteiger partial charge >= 0.3 is 0 Å². The summed E-state index contributed by atoms with van der Waals surface area (Å²) in [5, 5.41) is 10.0. The summed E-state index contributed by atoms with van der Waals surface area (Å²) in [4.78, 5) is 13.3. The Morgan fingerprint density at radius 1 is 1.00 bits per heavy atom. The molecule has 1 atom stereocenters. The summed E-state index contributed by atoms with van der Waals surface area (Å²) in [6.45, 7) is 10.5. The molecule has 1 aliphatic heterocycles. The number of para-hydroxylation sites is 1. The molecule has 2 aromatic rings. The number of allylic oxidation sites excluding steroid dienone is 1. The van der Waals surface area contributed by atoms with Crippen LogP contribution in [0.25, 0.3) is 0 Å². The number of amides is 1. The second-order valence-corrected chi connectivity index (χ2v) is 8.50. The second kappa shape index (κ2) is 8.78. The zero-order valence-corrected chi connectivity index (χ0v) is 18.5. The molecule has 1 aliphatic rings. The lowest BCUT2D eigenvalue weighted by Gasteiger charge is -2.30. The number of hydrogen-bond acceptors (Lipinski definition) is 2. The number of benzene rings is 2. The lowest BCUT2D eigenvalue weighted by molar-refractivity contribution is -0.113. The highest BCUT2D eigenvalue weighted by atomic mass is 32.1. The van der Waals surface area contributed by atoms with Gasteiger partial charge in [-0.3, -0.25) is 4.79 Å². The molecule has 0 saturated heterocycles. The quantitative estimate of drug-likeness (QED) is 0.584. The van der Waals surface area contributed by atoms with Gasteiger partial charge in [-0.2, -0.15) is 0 Å².